The summed E-state index contributed by atoms with van der Waals surface area (Å²) in [5.41, 5.74) is 1.91. The van der Waals surface area contributed by atoms with Gasteiger partial charge in [0.05, 0.1) is 5.69 Å². The van der Waals surface area contributed by atoms with Crippen LogP contribution in [-0.4, -0.2) is 42.0 Å². The fourth-order valence-corrected chi connectivity index (χ4v) is 4.33. The molecule has 3 aromatic carbocycles. The molecule has 2 aliphatic heterocycles. The maximum Gasteiger partial charge on any atom is 0.325 e. The Morgan fingerprint density at radius 3 is 2.45 bits per heavy atom. The molecule has 0 radical (unpaired) electrons. The zero-order chi connectivity index (χ0) is 27.2. The number of benzene rings is 3. The van der Waals surface area contributed by atoms with Crippen molar-refractivity contribution in [2.45, 2.75) is 39.3 Å². The molecule has 0 spiro atoms. The minimum Gasteiger partial charge on any atom is -0.486 e. The van der Waals surface area contributed by atoms with E-state index in [-0.39, 0.29) is 12.1 Å². The highest BCUT2D eigenvalue weighted by Crippen LogP contribution is 2.35. The van der Waals surface area contributed by atoms with Gasteiger partial charge in [-0.1, -0.05) is 56.3 Å². The van der Waals surface area contributed by atoms with E-state index in [0.717, 1.165) is 10.5 Å². The third kappa shape index (κ3) is 5.61. The summed E-state index contributed by atoms with van der Waals surface area (Å²) in [6, 6.07) is 15.5. The Balaban J connectivity index is 0.00000164. The highest BCUT2D eigenvalue weighted by atomic mass is 19.1. The van der Waals surface area contributed by atoms with Crippen molar-refractivity contribution in [2.24, 2.45) is 0 Å². The summed E-state index contributed by atoms with van der Waals surface area (Å²) >= 11 is 0. The van der Waals surface area contributed by atoms with Crippen LogP contribution < -0.4 is 20.1 Å². The van der Waals surface area contributed by atoms with Crippen molar-refractivity contribution in [3.05, 3.63) is 89.2 Å². The van der Waals surface area contributed by atoms with Crippen molar-refractivity contribution >= 4 is 23.5 Å². The minimum absolute atomic E-state index is 0.0286. The second-order valence-electron chi connectivity index (χ2n) is 8.67. The summed E-state index contributed by atoms with van der Waals surface area (Å²) in [4.78, 5) is 40.8. The molecule has 2 N–H and O–H groups in total. The highest BCUT2D eigenvalue weighted by molar-refractivity contribution is 6.09. The number of hydrogen-bond donors (Lipinski definition) is 2. The van der Waals surface area contributed by atoms with E-state index in [1.54, 1.807) is 55.5 Å². The number of rotatable bonds is 6. The lowest BCUT2D eigenvalue weighted by molar-refractivity contribution is -0.134. The molecule has 9 heteroatoms. The quantitative estimate of drug-likeness (QED) is 0.457. The summed E-state index contributed by atoms with van der Waals surface area (Å²) in [7, 11) is 0. The van der Waals surface area contributed by atoms with Crippen LogP contribution in [0.25, 0.3) is 0 Å². The van der Waals surface area contributed by atoms with Gasteiger partial charge < -0.3 is 20.1 Å². The first-order valence-electron chi connectivity index (χ1n) is 12.5. The number of ether oxygens (including phenoxy) is 2. The maximum absolute atomic E-state index is 14.5. The van der Waals surface area contributed by atoms with Gasteiger partial charge in [0.25, 0.3) is 5.91 Å². The van der Waals surface area contributed by atoms with Gasteiger partial charge in [0, 0.05) is 6.42 Å². The van der Waals surface area contributed by atoms with Gasteiger partial charge in [-0.25, -0.2) is 14.1 Å². The van der Waals surface area contributed by atoms with E-state index in [1.165, 1.54) is 12.1 Å². The van der Waals surface area contributed by atoms with Crippen LogP contribution in [0.4, 0.5) is 14.9 Å². The Bertz CT molecular complexity index is 1330. The molecule has 2 heterocycles. The Hall–Kier alpha value is -4.40. The predicted octanol–water partition coefficient (Wildman–Crippen LogP) is 4.77. The van der Waals surface area contributed by atoms with Gasteiger partial charge in [-0.3, -0.25) is 9.59 Å². The van der Waals surface area contributed by atoms with Crippen LogP contribution in [0.2, 0.25) is 0 Å². The van der Waals surface area contributed by atoms with Crippen molar-refractivity contribution in [2.75, 3.05) is 18.5 Å². The van der Waals surface area contributed by atoms with Gasteiger partial charge in [0.2, 0.25) is 5.91 Å². The number of aryl methyl sites for hydroxylation is 1. The molecular formula is C29H30FN3O5. The number of nitrogens with zero attached hydrogens (tertiary/aromatic N) is 1. The van der Waals surface area contributed by atoms with Crippen molar-refractivity contribution < 1.29 is 28.2 Å². The molecule has 38 heavy (non-hydrogen) atoms. The third-order valence-corrected chi connectivity index (χ3v) is 6.14. The number of urea groups is 1. The van der Waals surface area contributed by atoms with Crippen molar-refractivity contribution in [3.8, 4) is 11.5 Å². The Kier molecular flexibility index (Phi) is 8.25. The van der Waals surface area contributed by atoms with Gasteiger partial charge in [-0.05, 0) is 47.9 Å². The number of carbonyl (C=O) groups is 3. The van der Waals surface area contributed by atoms with E-state index < -0.39 is 35.7 Å². The zero-order valence-corrected chi connectivity index (χ0v) is 21.5. The second-order valence-corrected chi connectivity index (χ2v) is 8.67. The standard InChI is InChI=1S/C27H24FN3O5.C2H6/c1-16-7-9-20(19(28)13-16)29-25(32)21(14-17-5-3-2-4-6-17)31-26(33)24(30-27(31)34)18-8-10-22-23(15-18)36-12-11-35-22;1-2/h2-10,13,15,21,24H,11-12,14H2,1H3,(H,29,32)(H,30,34);1-2H3/t21-,24+;/m0./s1. The predicted molar refractivity (Wildman–Crippen MR) is 141 cm³/mol. The number of anilines is 1. The maximum atomic E-state index is 14.5. The van der Waals surface area contributed by atoms with Gasteiger partial charge in [0.1, 0.15) is 31.1 Å². The SMILES string of the molecule is CC.Cc1ccc(NC(=O)[C@H](Cc2ccccc2)N2C(=O)N[C@H](c3ccc4c(c3)OCCO4)C2=O)c(F)c1. The first-order chi connectivity index (χ1) is 18.4. The van der Waals surface area contributed by atoms with Crippen LogP contribution in [0, 0.1) is 12.7 Å². The number of carbonyl (C=O) groups excluding carboxylic acids is 3. The largest absolute Gasteiger partial charge is 0.486 e. The first-order valence-corrected chi connectivity index (χ1v) is 12.5. The van der Waals surface area contributed by atoms with E-state index in [4.69, 9.17) is 9.47 Å². The van der Waals surface area contributed by atoms with Crippen LogP contribution >= 0.6 is 0 Å². The molecule has 1 saturated heterocycles. The molecular weight excluding hydrogens is 489 g/mol. The molecule has 198 valence electrons. The van der Waals surface area contributed by atoms with E-state index in [2.05, 4.69) is 10.6 Å². The second kappa shape index (κ2) is 11.8. The summed E-state index contributed by atoms with van der Waals surface area (Å²) in [6.45, 7) is 6.54. The summed E-state index contributed by atoms with van der Waals surface area (Å²) in [6.07, 6.45) is 0.0627. The van der Waals surface area contributed by atoms with Crippen LogP contribution in [0.3, 0.4) is 0 Å². The molecule has 3 aromatic rings. The van der Waals surface area contributed by atoms with E-state index >= 15 is 0 Å². The van der Waals surface area contributed by atoms with Gasteiger partial charge in [-0.15, -0.1) is 0 Å². The van der Waals surface area contributed by atoms with Crippen molar-refractivity contribution in [1.29, 1.82) is 0 Å². The van der Waals surface area contributed by atoms with Crippen LogP contribution in [-0.2, 0) is 16.0 Å². The lowest BCUT2D eigenvalue weighted by Crippen LogP contribution is -2.49. The molecule has 2 aliphatic rings. The van der Waals surface area contributed by atoms with Crippen LogP contribution in [0.5, 0.6) is 11.5 Å². The fraction of sp³-hybridized carbons (Fsp3) is 0.276. The number of nitrogens with one attached hydrogen (secondary N) is 2. The Labute approximate surface area is 220 Å². The molecule has 0 saturated carbocycles. The lowest BCUT2D eigenvalue weighted by atomic mass is 10.0. The molecule has 0 unspecified atom stereocenters. The molecule has 0 aromatic heterocycles. The van der Waals surface area contributed by atoms with Crippen LogP contribution in [0.1, 0.15) is 36.6 Å². The fourth-order valence-electron chi connectivity index (χ4n) is 4.33. The van der Waals surface area contributed by atoms with Crippen molar-refractivity contribution in [3.63, 3.8) is 0 Å². The molecule has 1 fully saturated rings. The van der Waals surface area contributed by atoms with Gasteiger partial charge in [0.15, 0.2) is 11.5 Å². The number of imide groups is 1. The molecule has 2 atom stereocenters. The number of halogens is 1. The molecule has 5 rings (SSSR count). The normalized spacial score (nSPS) is 16.7. The average Bonchev–Trinajstić information content (AvgIpc) is 3.23. The molecule has 0 aliphatic carbocycles. The average molecular weight is 520 g/mol. The summed E-state index contributed by atoms with van der Waals surface area (Å²) in [5, 5.41) is 5.21. The van der Waals surface area contributed by atoms with Crippen molar-refractivity contribution in [1.82, 2.24) is 10.2 Å². The third-order valence-electron chi connectivity index (χ3n) is 6.14. The molecule has 0 bridgehead atoms. The minimum atomic E-state index is -1.21. The first kappa shape index (κ1) is 26.7. The van der Waals surface area contributed by atoms with Crippen LogP contribution in [0.15, 0.2) is 66.7 Å². The smallest absolute Gasteiger partial charge is 0.325 e. The van der Waals surface area contributed by atoms with E-state index in [0.29, 0.717) is 35.8 Å². The van der Waals surface area contributed by atoms with Gasteiger partial charge >= 0.3 is 6.03 Å². The Morgan fingerprint density at radius 2 is 1.74 bits per heavy atom. The number of amides is 4. The summed E-state index contributed by atoms with van der Waals surface area (Å²) in [5.74, 6) is -0.828. The Morgan fingerprint density at radius 1 is 1.03 bits per heavy atom. The number of hydrogen-bond acceptors (Lipinski definition) is 5. The highest BCUT2D eigenvalue weighted by Gasteiger charge is 2.45. The van der Waals surface area contributed by atoms with E-state index in [1.807, 2.05) is 19.9 Å². The topological polar surface area (TPSA) is 97.0 Å². The van der Waals surface area contributed by atoms with E-state index in [9.17, 15) is 18.8 Å². The number of fused-ring (bicyclic) bond motifs is 1. The summed E-state index contributed by atoms with van der Waals surface area (Å²) < 4.78 is 25.6. The molecule has 4 amide bonds. The monoisotopic (exact) mass is 519 g/mol. The molecule has 8 nitrogen and oxygen atoms in total. The van der Waals surface area contributed by atoms with Gasteiger partial charge in [-0.2, -0.15) is 0 Å². The lowest BCUT2D eigenvalue weighted by Gasteiger charge is -2.25. The zero-order valence-electron chi connectivity index (χ0n) is 21.5.